The van der Waals surface area contributed by atoms with E-state index >= 15 is 0 Å². The Hall–Kier alpha value is -0.890. The summed E-state index contributed by atoms with van der Waals surface area (Å²) in [5.41, 5.74) is 1.02. The van der Waals surface area contributed by atoms with Gasteiger partial charge in [-0.3, -0.25) is 0 Å². The van der Waals surface area contributed by atoms with E-state index in [1.54, 1.807) is 0 Å². The van der Waals surface area contributed by atoms with Crippen molar-refractivity contribution in [1.82, 2.24) is 0 Å². The van der Waals surface area contributed by atoms with E-state index in [0.29, 0.717) is 18.6 Å². The summed E-state index contributed by atoms with van der Waals surface area (Å²) in [6.07, 6.45) is 5.14. The Morgan fingerprint density at radius 1 is 1.29 bits per heavy atom. The Morgan fingerprint density at radius 3 is 2.71 bits per heavy atom. The molecule has 1 aliphatic rings. The van der Waals surface area contributed by atoms with Crippen LogP contribution in [0.1, 0.15) is 38.2 Å². The van der Waals surface area contributed by atoms with Gasteiger partial charge in [-0.05, 0) is 38.7 Å². The lowest BCUT2D eigenvalue weighted by atomic mass is 10.2. The van der Waals surface area contributed by atoms with Gasteiger partial charge in [0, 0.05) is 5.56 Å². The van der Waals surface area contributed by atoms with Gasteiger partial charge in [-0.1, -0.05) is 12.1 Å². The second-order valence-corrected chi connectivity index (χ2v) is 4.60. The van der Waals surface area contributed by atoms with E-state index in [2.05, 4.69) is 0 Å². The first-order valence-electron chi connectivity index (χ1n) is 6.32. The molecule has 0 spiro atoms. The number of ether oxygens (including phenoxy) is 2. The zero-order valence-corrected chi connectivity index (χ0v) is 11.0. The highest BCUT2D eigenvalue weighted by molar-refractivity contribution is 6.17. The largest absolute Gasteiger partial charge is 0.490 e. The molecule has 0 aromatic heterocycles. The van der Waals surface area contributed by atoms with E-state index in [9.17, 15) is 0 Å². The van der Waals surface area contributed by atoms with Crippen LogP contribution in [0.3, 0.4) is 0 Å². The van der Waals surface area contributed by atoms with Gasteiger partial charge in [0.15, 0.2) is 11.5 Å². The average Bonchev–Trinajstić information content (AvgIpc) is 2.84. The maximum atomic E-state index is 6.07. The second-order valence-electron chi connectivity index (χ2n) is 4.34. The molecule has 94 valence electrons. The molecule has 0 saturated heterocycles. The zero-order chi connectivity index (χ0) is 12.1. The third-order valence-corrected chi connectivity index (χ3v) is 3.38. The highest BCUT2D eigenvalue weighted by Gasteiger charge is 2.20. The van der Waals surface area contributed by atoms with Gasteiger partial charge in [0.05, 0.1) is 18.6 Å². The molecule has 2 nitrogen and oxygen atoms in total. The summed E-state index contributed by atoms with van der Waals surface area (Å²) in [5, 5.41) is 0. The van der Waals surface area contributed by atoms with E-state index in [1.165, 1.54) is 12.8 Å². The number of benzene rings is 1. The Bertz CT molecular complexity index is 359. The minimum absolute atomic E-state index is 0.332. The van der Waals surface area contributed by atoms with Crippen LogP contribution in [-0.2, 0) is 5.88 Å². The number of alkyl halides is 1. The molecular formula is C14H19ClO2. The van der Waals surface area contributed by atoms with Crippen LogP contribution in [0.5, 0.6) is 11.5 Å². The summed E-state index contributed by atoms with van der Waals surface area (Å²) in [4.78, 5) is 0. The van der Waals surface area contributed by atoms with Crippen molar-refractivity contribution in [2.75, 3.05) is 6.61 Å². The lowest BCUT2D eigenvalue weighted by molar-refractivity contribution is 0.195. The summed E-state index contributed by atoms with van der Waals surface area (Å²) in [6.45, 7) is 2.62. The second kappa shape index (κ2) is 6.15. The molecule has 1 aromatic rings. The van der Waals surface area contributed by atoms with Crippen LogP contribution in [0.25, 0.3) is 0 Å². The SMILES string of the molecule is CCOc1cccc(CCl)c1OC1CCCC1. The van der Waals surface area contributed by atoms with Crippen LogP contribution in [0, 0.1) is 0 Å². The Labute approximate surface area is 108 Å². The summed E-state index contributed by atoms with van der Waals surface area (Å²) < 4.78 is 11.7. The van der Waals surface area contributed by atoms with Gasteiger partial charge in [0.1, 0.15) is 0 Å². The predicted octanol–water partition coefficient (Wildman–Crippen LogP) is 4.15. The molecule has 1 aromatic carbocycles. The fraction of sp³-hybridized carbons (Fsp3) is 0.571. The van der Waals surface area contributed by atoms with Crippen LogP contribution in [0.2, 0.25) is 0 Å². The first-order chi connectivity index (χ1) is 8.35. The summed E-state index contributed by atoms with van der Waals surface area (Å²) in [7, 11) is 0. The molecule has 0 aliphatic heterocycles. The molecule has 3 heteroatoms. The molecule has 0 bridgehead atoms. The lowest BCUT2D eigenvalue weighted by Gasteiger charge is -2.18. The maximum absolute atomic E-state index is 6.07. The van der Waals surface area contributed by atoms with Crippen molar-refractivity contribution in [3.8, 4) is 11.5 Å². The van der Waals surface area contributed by atoms with E-state index in [1.807, 2.05) is 25.1 Å². The Kier molecular flexibility index (Phi) is 4.55. The molecule has 0 atom stereocenters. The first-order valence-corrected chi connectivity index (χ1v) is 6.86. The van der Waals surface area contributed by atoms with Gasteiger partial charge < -0.3 is 9.47 Å². The number of hydrogen-bond acceptors (Lipinski definition) is 2. The molecule has 0 N–H and O–H groups in total. The van der Waals surface area contributed by atoms with Crippen LogP contribution < -0.4 is 9.47 Å². The molecule has 0 amide bonds. The zero-order valence-electron chi connectivity index (χ0n) is 10.2. The molecule has 0 unspecified atom stereocenters. The number of para-hydroxylation sites is 1. The van der Waals surface area contributed by atoms with Crippen molar-refractivity contribution in [3.63, 3.8) is 0 Å². The third kappa shape index (κ3) is 3.06. The van der Waals surface area contributed by atoms with Gasteiger partial charge in [-0.25, -0.2) is 0 Å². The first kappa shape index (κ1) is 12.6. The van der Waals surface area contributed by atoms with Crippen LogP contribution in [0.4, 0.5) is 0 Å². The van der Waals surface area contributed by atoms with E-state index < -0.39 is 0 Å². The molecule has 1 fully saturated rings. The highest BCUT2D eigenvalue weighted by atomic mass is 35.5. The molecule has 17 heavy (non-hydrogen) atoms. The number of halogens is 1. The molecular weight excluding hydrogens is 236 g/mol. The van der Waals surface area contributed by atoms with E-state index in [0.717, 1.165) is 29.9 Å². The predicted molar refractivity (Wildman–Crippen MR) is 70.1 cm³/mol. The van der Waals surface area contributed by atoms with Crippen molar-refractivity contribution < 1.29 is 9.47 Å². The average molecular weight is 255 g/mol. The van der Waals surface area contributed by atoms with Crippen LogP contribution in [0.15, 0.2) is 18.2 Å². The van der Waals surface area contributed by atoms with Crippen LogP contribution in [-0.4, -0.2) is 12.7 Å². The lowest BCUT2D eigenvalue weighted by Crippen LogP contribution is -2.13. The van der Waals surface area contributed by atoms with Crippen molar-refractivity contribution in [3.05, 3.63) is 23.8 Å². The van der Waals surface area contributed by atoms with Crippen molar-refractivity contribution in [1.29, 1.82) is 0 Å². The molecule has 0 heterocycles. The summed E-state index contributed by atoms with van der Waals surface area (Å²) in [5.74, 6) is 2.12. The topological polar surface area (TPSA) is 18.5 Å². The highest BCUT2D eigenvalue weighted by Crippen LogP contribution is 2.35. The van der Waals surface area contributed by atoms with Gasteiger partial charge in [0.25, 0.3) is 0 Å². The molecule has 0 radical (unpaired) electrons. The summed E-state index contributed by atoms with van der Waals surface area (Å²) >= 11 is 5.95. The molecule has 2 rings (SSSR count). The minimum Gasteiger partial charge on any atom is -0.490 e. The quantitative estimate of drug-likeness (QED) is 0.735. The molecule has 1 aliphatic carbocycles. The Morgan fingerprint density at radius 2 is 2.06 bits per heavy atom. The third-order valence-electron chi connectivity index (χ3n) is 3.09. The Balaban J connectivity index is 2.20. The van der Waals surface area contributed by atoms with E-state index in [-0.39, 0.29) is 0 Å². The maximum Gasteiger partial charge on any atom is 0.165 e. The number of hydrogen-bond donors (Lipinski definition) is 0. The standard InChI is InChI=1S/C14H19ClO2/c1-2-16-13-9-5-6-11(10-15)14(13)17-12-7-3-4-8-12/h5-6,9,12H,2-4,7-8,10H2,1H3. The number of rotatable bonds is 5. The van der Waals surface area contributed by atoms with Gasteiger partial charge in [0.2, 0.25) is 0 Å². The van der Waals surface area contributed by atoms with Gasteiger partial charge in [-0.2, -0.15) is 0 Å². The minimum atomic E-state index is 0.332. The van der Waals surface area contributed by atoms with Gasteiger partial charge >= 0.3 is 0 Å². The molecule has 1 saturated carbocycles. The normalized spacial score (nSPS) is 16.1. The monoisotopic (exact) mass is 254 g/mol. The van der Waals surface area contributed by atoms with Gasteiger partial charge in [-0.15, -0.1) is 11.6 Å². The van der Waals surface area contributed by atoms with E-state index in [4.69, 9.17) is 21.1 Å². The summed E-state index contributed by atoms with van der Waals surface area (Å²) in [6, 6.07) is 5.91. The van der Waals surface area contributed by atoms with Crippen LogP contribution >= 0.6 is 11.6 Å². The van der Waals surface area contributed by atoms with Crippen molar-refractivity contribution in [2.24, 2.45) is 0 Å². The van der Waals surface area contributed by atoms with Crippen molar-refractivity contribution >= 4 is 11.6 Å². The smallest absolute Gasteiger partial charge is 0.165 e. The van der Waals surface area contributed by atoms with Crippen molar-refractivity contribution in [2.45, 2.75) is 44.6 Å². The fourth-order valence-corrected chi connectivity index (χ4v) is 2.45. The fourth-order valence-electron chi connectivity index (χ4n) is 2.24.